The zero-order chi connectivity index (χ0) is 17.4. The minimum Gasteiger partial charge on any atom is -0.494 e. The van der Waals surface area contributed by atoms with Crippen LogP contribution in [-0.4, -0.2) is 58.6 Å². The molecule has 25 heavy (non-hydrogen) atoms. The molecule has 7 nitrogen and oxygen atoms in total. The maximum atomic E-state index is 12.5. The molecule has 3 heterocycles. The topological polar surface area (TPSA) is 63.5 Å². The fraction of sp³-hybridized carbons (Fsp3) is 0.353. The highest BCUT2D eigenvalue weighted by Crippen LogP contribution is 2.34. The molecule has 0 radical (unpaired) electrons. The number of ether oxygens (including phenoxy) is 1. The highest BCUT2D eigenvalue weighted by molar-refractivity contribution is 7.22. The average Bonchev–Trinajstić information content (AvgIpc) is 3.27. The zero-order valence-electron chi connectivity index (χ0n) is 14.2. The van der Waals surface area contributed by atoms with E-state index in [4.69, 9.17) is 9.72 Å². The summed E-state index contributed by atoms with van der Waals surface area (Å²) in [4.78, 5) is 25.5. The summed E-state index contributed by atoms with van der Waals surface area (Å²) in [6.07, 6.45) is 3.44. The van der Waals surface area contributed by atoms with Crippen LogP contribution in [0.2, 0.25) is 0 Å². The van der Waals surface area contributed by atoms with Gasteiger partial charge in [0.2, 0.25) is 0 Å². The molecule has 0 unspecified atom stereocenters. The van der Waals surface area contributed by atoms with Crippen molar-refractivity contribution in [3.05, 3.63) is 36.4 Å². The number of benzene rings is 1. The number of para-hydroxylation sites is 1. The predicted octanol–water partition coefficient (Wildman–Crippen LogP) is 2.00. The van der Waals surface area contributed by atoms with Crippen molar-refractivity contribution in [2.24, 2.45) is 7.05 Å². The van der Waals surface area contributed by atoms with Crippen molar-refractivity contribution in [3.63, 3.8) is 0 Å². The predicted molar refractivity (Wildman–Crippen MR) is 97.5 cm³/mol. The van der Waals surface area contributed by atoms with E-state index in [0.29, 0.717) is 18.9 Å². The van der Waals surface area contributed by atoms with E-state index in [0.717, 1.165) is 34.2 Å². The first-order valence-electron chi connectivity index (χ1n) is 8.12. The molecule has 1 fully saturated rings. The van der Waals surface area contributed by atoms with E-state index < -0.39 is 0 Å². The number of hydrogen-bond acceptors (Lipinski definition) is 6. The molecular formula is C17H19N5O2S. The standard InChI is InChI=1S/C17H19N5O2S/c1-20-7-6-18-15(20)16(23)21-8-10-22(11-9-21)17-19-14-12(24-2)4-3-5-13(14)25-17/h3-7H,8-11H2,1-2H3. The Hall–Kier alpha value is -2.61. The monoisotopic (exact) mass is 357 g/mol. The van der Waals surface area contributed by atoms with Crippen LogP contribution in [0.15, 0.2) is 30.6 Å². The van der Waals surface area contributed by atoms with Crippen molar-refractivity contribution in [2.45, 2.75) is 0 Å². The van der Waals surface area contributed by atoms with E-state index >= 15 is 0 Å². The molecule has 130 valence electrons. The Morgan fingerprint density at radius 1 is 1.24 bits per heavy atom. The largest absolute Gasteiger partial charge is 0.494 e. The van der Waals surface area contributed by atoms with Gasteiger partial charge in [0.1, 0.15) is 11.3 Å². The number of thiazole rings is 1. The number of aromatic nitrogens is 3. The Kier molecular flexibility index (Phi) is 4.04. The lowest BCUT2D eigenvalue weighted by atomic mass is 10.3. The van der Waals surface area contributed by atoms with Crippen molar-refractivity contribution in [1.29, 1.82) is 0 Å². The first-order valence-corrected chi connectivity index (χ1v) is 8.94. The Morgan fingerprint density at radius 3 is 2.72 bits per heavy atom. The summed E-state index contributed by atoms with van der Waals surface area (Å²) >= 11 is 1.66. The van der Waals surface area contributed by atoms with Crippen molar-refractivity contribution in [1.82, 2.24) is 19.4 Å². The summed E-state index contributed by atoms with van der Waals surface area (Å²) in [5.41, 5.74) is 0.900. The summed E-state index contributed by atoms with van der Waals surface area (Å²) in [6, 6.07) is 5.96. The minimum absolute atomic E-state index is 0.0156. The van der Waals surface area contributed by atoms with Gasteiger partial charge in [-0.3, -0.25) is 4.79 Å². The number of anilines is 1. The molecule has 0 spiro atoms. The van der Waals surface area contributed by atoms with Gasteiger partial charge in [-0.2, -0.15) is 0 Å². The van der Waals surface area contributed by atoms with Crippen molar-refractivity contribution in [3.8, 4) is 5.75 Å². The molecule has 1 aromatic carbocycles. The highest BCUT2D eigenvalue weighted by Gasteiger charge is 2.26. The Balaban J connectivity index is 1.49. The van der Waals surface area contributed by atoms with Crippen LogP contribution in [0.25, 0.3) is 10.2 Å². The number of amides is 1. The van der Waals surface area contributed by atoms with Crippen LogP contribution in [0, 0.1) is 0 Å². The van der Waals surface area contributed by atoms with Crippen molar-refractivity contribution in [2.75, 3.05) is 38.2 Å². The van der Waals surface area contributed by atoms with Crippen LogP contribution in [0.5, 0.6) is 5.75 Å². The van der Waals surface area contributed by atoms with Gasteiger partial charge in [-0.1, -0.05) is 17.4 Å². The summed E-state index contributed by atoms with van der Waals surface area (Å²) in [7, 11) is 3.50. The number of carbonyl (C=O) groups is 1. The third-order valence-electron chi connectivity index (χ3n) is 4.44. The molecule has 0 bridgehead atoms. The quantitative estimate of drug-likeness (QED) is 0.717. The number of nitrogens with zero attached hydrogens (tertiary/aromatic N) is 5. The van der Waals surface area contributed by atoms with E-state index in [-0.39, 0.29) is 5.91 Å². The Bertz CT molecular complexity index is 911. The molecule has 1 saturated heterocycles. The SMILES string of the molecule is COc1cccc2sc(N3CCN(C(=O)c4nccn4C)CC3)nc12. The van der Waals surface area contributed by atoms with E-state index in [1.807, 2.05) is 24.1 Å². The third-order valence-corrected chi connectivity index (χ3v) is 5.52. The number of rotatable bonds is 3. The molecule has 0 atom stereocenters. The molecule has 3 aromatic rings. The fourth-order valence-corrected chi connectivity index (χ4v) is 4.06. The first kappa shape index (κ1) is 15.9. The van der Waals surface area contributed by atoms with Crippen LogP contribution < -0.4 is 9.64 Å². The van der Waals surface area contributed by atoms with Gasteiger partial charge in [-0.25, -0.2) is 9.97 Å². The van der Waals surface area contributed by atoms with E-state index in [9.17, 15) is 4.79 Å². The van der Waals surface area contributed by atoms with Gasteiger partial charge < -0.3 is 19.1 Å². The number of carbonyl (C=O) groups excluding carboxylic acids is 1. The number of methoxy groups -OCH3 is 1. The minimum atomic E-state index is -0.0156. The summed E-state index contributed by atoms with van der Waals surface area (Å²) < 4.78 is 8.26. The first-order chi connectivity index (χ1) is 12.2. The van der Waals surface area contributed by atoms with E-state index in [2.05, 4.69) is 16.0 Å². The highest BCUT2D eigenvalue weighted by atomic mass is 32.1. The van der Waals surface area contributed by atoms with Gasteiger partial charge >= 0.3 is 0 Å². The second kappa shape index (κ2) is 6.36. The van der Waals surface area contributed by atoms with Crippen molar-refractivity contribution >= 4 is 32.6 Å². The average molecular weight is 357 g/mol. The molecule has 1 aliphatic heterocycles. The van der Waals surface area contributed by atoms with Gasteiger partial charge in [0.25, 0.3) is 5.91 Å². The van der Waals surface area contributed by atoms with Gasteiger partial charge in [0.15, 0.2) is 11.0 Å². The molecule has 4 rings (SSSR count). The van der Waals surface area contributed by atoms with Crippen LogP contribution in [-0.2, 0) is 7.05 Å². The molecule has 0 saturated carbocycles. The molecule has 8 heteroatoms. The lowest BCUT2D eigenvalue weighted by Crippen LogP contribution is -2.49. The van der Waals surface area contributed by atoms with Crippen LogP contribution in [0.3, 0.4) is 0 Å². The molecule has 1 amide bonds. The number of hydrogen-bond donors (Lipinski definition) is 0. The van der Waals surface area contributed by atoms with Gasteiger partial charge in [-0.05, 0) is 12.1 Å². The Labute approximate surface area is 149 Å². The lowest BCUT2D eigenvalue weighted by molar-refractivity contribution is 0.0731. The van der Waals surface area contributed by atoms with Gasteiger partial charge in [-0.15, -0.1) is 0 Å². The summed E-state index contributed by atoms with van der Waals surface area (Å²) in [5.74, 6) is 1.26. The van der Waals surface area contributed by atoms with E-state index in [1.165, 1.54) is 0 Å². The zero-order valence-corrected chi connectivity index (χ0v) is 15.0. The molecule has 1 aliphatic rings. The van der Waals surface area contributed by atoms with Crippen molar-refractivity contribution < 1.29 is 9.53 Å². The number of aryl methyl sites for hydroxylation is 1. The number of fused-ring (bicyclic) bond motifs is 1. The molecule has 2 aromatic heterocycles. The molecule has 0 aliphatic carbocycles. The fourth-order valence-electron chi connectivity index (χ4n) is 3.03. The number of imidazole rings is 1. The normalized spacial score (nSPS) is 15.0. The van der Waals surface area contributed by atoms with E-state index in [1.54, 1.807) is 35.4 Å². The van der Waals surface area contributed by atoms with Gasteiger partial charge in [0, 0.05) is 45.6 Å². The molecule has 0 N–H and O–H groups in total. The van der Waals surface area contributed by atoms with Crippen LogP contribution in [0.4, 0.5) is 5.13 Å². The van der Waals surface area contributed by atoms with Crippen LogP contribution in [0.1, 0.15) is 10.6 Å². The second-order valence-electron chi connectivity index (χ2n) is 5.94. The lowest BCUT2D eigenvalue weighted by Gasteiger charge is -2.34. The summed E-state index contributed by atoms with van der Waals surface area (Å²) in [6.45, 7) is 2.86. The third kappa shape index (κ3) is 2.82. The van der Waals surface area contributed by atoms with Gasteiger partial charge in [0.05, 0.1) is 11.8 Å². The maximum Gasteiger partial charge on any atom is 0.289 e. The molecular weight excluding hydrogens is 338 g/mol. The maximum absolute atomic E-state index is 12.5. The number of piperazine rings is 1. The second-order valence-corrected chi connectivity index (χ2v) is 6.95. The summed E-state index contributed by atoms with van der Waals surface area (Å²) in [5, 5.41) is 0.976. The smallest absolute Gasteiger partial charge is 0.289 e. The van der Waals surface area contributed by atoms with Crippen LogP contribution >= 0.6 is 11.3 Å². The Morgan fingerprint density at radius 2 is 2.04 bits per heavy atom.